The summed E-state index contributed by atoms with van der Waals surface area (Å²) in [7, 11) is 1.99. The average Bonchev–Trinajstić information content (AvgIpc) is 2.98. The van der Waals surface area contributed by atoms with Crippen LogP contribution in [0.1, 0.15) is 39.5 Å². The predicted molar refractivity (Wildman–Crippen MR) is 64.6 cm³/mol. The summed E-state index contributed by atoms with van der Waals surface area (Å²) in [4.78, 5) is 13.4. The number of hydrogen-bond acceptors (Lipinski definition) is 3. The maximum Gasteiger partial charge on any atom is 0.324 e. The number of carboxylic acids is 1. The molecule has 1 aliphatic rings. The van der Waals surface area contributed by atoms with Crippen molar-refractivity contribution in [2.45, 2.75) is 51.1 Å². The number of rotatable bonds is 8. The van der Waals surface area contributed by atoms with Gasteiger partial charge >= 0.3 is 5.97 Å². The first kappa shape index (κ1) is 13.5. The van der Waals surface area contributed by atoms with Crippen LogP contribution in [0, 0.1) is 0 Å². The lowest BCUT2D eigenvalue weighted by Gasteiger charge is -2.31. The van der Waals surface area contributed by atoms with E-state index in [1.165, 1.54) is 0 Å². The van der Waals surface area contributed by atoms with Crippen LogP contribution in [-0.2, 0) is 4.79 Å². The van der Waals surface area contributed by atoms with E-state index in [-0.39, 0.29) is 0 Å². The molecule has 0 radical (unpaired) electrons. The number of carbonyl (C=O) groups is 1. The van der Waals surface area contributed by atoms with E-state index in [0.29, 0.717) is 12.6 Å². The minimum atomic E-state index is -0.802. The zero-order valence-corrected chi connectivity index (χ0v) is 10.6. The van der Waals surface area contributed by atoms with E-state index in [2.05, 4.69) is 17.1 Å². The lowest BCUT2D eigenvalue weighted by molar-refractivity contribution is -0.145. The van der Waals surface area contributed by atoms with Gasteiger partial charge in [0, 0.05) is 12.6 Å². The van der Waals surface area contributed by atoms with Crippen LogP contribution < -0.4 is 5.32 Å². The first-order valence-electron chi connectivity index (χ1n) is 6.17. The van der Waals surface area contributed by atoms with Gasteiger partial charge in [0.25, 0.3) is 0 Å². The molecule has 1 unspecified atom stereocenters. The Labute approximate surface area is 98.0 Å². The molecule has 4 heteroatoms. The van der Waals surface area contributed by atoms with E-state index in [0.717, 1.165) is 32.2 Å². The van der Waals surface area contributed by atoms with Crippen molar-refractivity contribution in [3.05, 3.63) is 0 Å². The maximum absolute atomic E-state index is 11.3. The van der Waals surface area contributed by atoms with Gasteiger partial charge in [-0.2, -0.15) is 0 Å². The number of hydrogen-bond donors (Lipinski definition) is 2. The van der Waals surface area contributed by atoms with E-state index in [9.17, 15) is 9.90 Å². The standard InChI is InChI=1S/C12H24N2O2/c1-4-5-8-14(3)9-12(2,11(15)16)13-10-6-7-10/h10,13H,4-9H2,1-3H3,(H,15,16). The highest BCUT2D eigenvalue weighted by molar-refractivity contribution is 5.78. The Kier molecular flexibility index (Phi) is 4.74. The number of unbranched alkanes of at least 4 members (excludes halogenated alkanes) is 1. The van der Waals surface area contributed by atoms with Crippen molar-refractivity contribution in [2.75, 3.05) is 20.1 Å². The van der Waals surface area contributed by atoms with Crippen molar-refractivity contribution >= 4 is 5.97 Å². The molecule has 1 fully saturated rings. The molecule has 0 saturated heterocycles. The smallest absolute Gasteiger partial charge is 0.324 e. The molecular formula is C12H24N2O2. The van der Waals surface area contributed by atoms with Gasteiger partial charge in [-0.3, -0.25) is 10.1 Å². The molecule has 16 heavy (non-hydrogen) atoms. The van der Waals surface area contributed by atoms with Crippen LogP contribution in [0.2, 0.25) is 0 Å². The third-order valence-corrected chi connectivity index (χ3v) is 3.05. The van der Waals surface area contributed by atoms with E-state index in [1.807, 2.05) is 7.05 Å². The van der Waals surface area contributed by atoms with Gasteiger partial charge in [-0.1, -0.05) is 13.3 Å². The fourth-order valence-electron chi connectivity index (χ4n) is 1.90. The highest BCUT2D eigenvalue weighted by Crippen LogP contribution is 2.23. The van der Waals surface area contributed by atoms with Crippen molar-refractivity contribution in [1.29, 1.82) is 0 Å². The lowest BCUT2D eigenvalue weighted by Crippen LogP contribution is -2.57. The quantitative estimate of drug-likeness (QED) is 0.658. The molecule has 0 amide bonds. The monoisotopic (exact) mass is 228 g/mol. The summed E-state index contributed by atoms with van der Waals surface area (Å²) in [6.07, 6.45) is 4.49. The molecule has 0 spiro atoms. The first-order valence-corrected chi connectivity index (χ1v) is 6.17. The highest BCUT2D eigenvalue weighted by Gasteiger charge is 2.39. The topological polar surface area (TPSA) is 52.6 Å². The van der Waals surface area contributed by atoms with Crippen LogP contribution in [0.15, 0.2) is 0 Å². The zero-order chi connectivity index (χ0) is 12.2. The highest BCUT2D eigenvalue weighted by atomic mass is 16.4. The molecule has 1 rings (SSSR count). The summed E-state index contributed by atoms with van der Waals surface area (Å²) in [6, 6.07) is 0.417. The van der Waals surface area contributed by atoms with E-state index >= 15 is 0 Å². The van der Waals surface area contributed by atoms with E-state index in [4.69, 9.17) is 0 Å². The van der Waals surface area contributed by atoms with Gasteiger partial charge in [-0.05, 0) is 39.8 Å². The van der Waals surface area contributed by atoms with Gasteiger partial charge in [-0.15, -0.1) is 0 Å². The summed E-state index contributed by atoms with van der Waals surface area (Å²) in [6.45, 7) is 5.47. The molecule has 4 nitrogen and oxygen atoms in total. The molecule has 0 aromatic carbocycles. The molecule has 2 N–H and O–H groups in total. The second kappa shape index (κ2) is 5.64. The number of nitrogens with one attached hydrogen (secondary N) is 1. The molecule has 94 valence electrons. The van der Waals surface area contributed by atoms with Crippen LogP contribution in [0.5, 0.6) is 0 Å². The van der Waals surface area contributed by atoms with Crippen LogP contribution >= 0.6 is 0 Å². The number of carboxylic acid groups (broad SMARTS) is 1. The Hall–Kier alpha value is -0.610. The summed E-state index contributed by atoms with van der Waals surface area (Å²) < 4.78 is 0. The number of aliphatic carboxylic acids is 1. The molecule has 0 aliphatic heterocycles. The van der Waals surface area contributed by atoms with Crippen LogP contribution in [0.25, 0.3) is 0 Å². The number of nitrogens with zero attached hydrogens (tertiary/aromatic N) is 1. The second-order valence-electron chi connectivity index (χ2n) is 5.15. The zero-order valence-electron chi connectivity index (χ0n) is 10.6. The van der Waals surface area contributed by atoms with Crippen molar-refractivity contribution in [2.24, 2.45) is 0 Å². The summed E-state index contributed by atoms with van der Waals surface area (Å²) in [5.74, 6) is -0.747. The molecule has 0 bridgehead atoms. The largest absolute Gasteiger partial charge is 0.480 e. The average molecular weight is 228 g/mol. The fraction of sp³-hybridized carbons (Fsp3) is 0.917. The van der Waals surface area contributed by atoms with Gasteiger partial charge in [0.2, 0.25) is 0 Å². The van der Waals surface area contributed by atoms with Gasteiger partial charge in [0.1, 0.15) is 5.54 Å². The Balaban J connectivity index is 2.45. The van der Waals surface area contributed by atoms with E-state index < -0.39 is 11.5 Å². The normalized spacial score (nSPS) is 19.8. The van der Waals surface area contributed by atoms with Crippen molar-refractivity contribution in [1.82, 2.24) is 10.2 Å². The molecule has 1 atom stereocenters. The first-order chi connectivity index (χ1) is 7.48. The van der Waals surface area contributed by atoms with Crippen LogP contribution in [0.4, 0.5) is 0 Å². The van der Waals surface area contributed by atoms with E-state index in [1.54, 1.807) is 6.92 Å². The van der Waals surface area contributed by atoms with Gasteiger partial charge in [-0.25, -0.2) is 0 Å². The summed E-state index contributed by atoms with van der Waals surface area (Å²) in [5.41, 5.74) is -0.802. The molecule has 0 aromatic heterocycles. The Morgan fingerprint density at radius 3 is 2.62 bits per heavy atom. The SMILES string of the molecule is CCCCN(C)CC(C)(NC1CC1)C(=O)O. The van der Waals surface area contributed by atoms with Crippen LogP contribution in [0.3, 0.4) is 0 Å². The lowest BCUT2D eigenvalue weighted by atomic mass is 10.0. The van der Waals surface area contributed by atoms with Gasteiger partial charge < -0.3 is 10.0 Å². The maximum atomic E-state index is 11.3. The van der Waals surface area contributed by atoms with Crippen LogP contribution in [-0.4, -0.2) is 47.7 Å². The molecular weight excluding hydrogens is 204 g/mol. The Bertz CT molecular complexity index is 241. The Morgan fingerprint density at radius 2 is 2.19 bits per heavy atom. The molecule has 1 aliphatic carbocycles. The minimum Gasteiger partial charge on any atom is -0.480 e. The molecule has 1 saturated carbocycles. The van der Waals surface area contributed by atoms with Gasteiger partial charge in [0.15, 0.2) is 0 Å². The third kappa shape index (κ3) is 4.10. The Morgan fingerprint density at radius 1 is 1.56 bits per heavy atom. The molecule has 0 aromatic rings. The third-order valence-electron chi connectivity index (χ3n) is 3.05. The van der Waals surface area contributed by atoms with Crippen molar-refractivity contribution < 1.29 is 9.90 Å². The molecule has 0 heterocycles. The fourth-order valence-corrected chi connectivity index (χ4v) is 1.90. The summed E-state index contributed by atoms with van der Waals surface area (Å²) >= 11 is 0. The van der Waals surface area contributed by atoms with Crippen molar-refractivity contribution in [3.63, 3.8) is 0 Å². The minimum absolute atomic E-state index is 0.417. The van der Waals surface area contributed by atoms with Gasteiger partial charge in [0.05, 0.1) is 0 Å². The van der Waals surface area contributed by atoms with Crippen molar-refractivity contribution in [3.8, 4) is 0 Å². The second-order valence-corrected chi connectivity index (χ2v) is 5.15. The summed E-state index contributed by atoms with van der Waals surface area (Å²) in [5, 5.41) is 12.5. The number of likely N-dealkylation sites (N-methyl/N-ethyl adjacent to an activating group) is 1. The predicted octanol–water partition coefficient (Wildman–Crippen LogP) is 1.31.